The third-order valence-corrected chi connectivity index (χ3v) is 4.32. The highest BCUT2D eigenvalue weighted by molar-refractivity contribution is 5.79. The van der Waals surface area contributed by atoms with Crippen molar-refractivity contribution in [1.82, 2.24) is 15.1 Å². The summed E-state index contributed by atoms with van der Waals surface area (Å²) >= 11 is 0. The van der Waals surface area contributed by atoms with E-state index in [2.05, 4.69) is 5.32 Å². The maximum Gasteiger partial charge on any atom is 0.236 e. The van der Waals surface area contributed by atoms with Crippen LogP contribution in [0.4, 0.5) is 0 Å². The molecular formula is C18H27N3O3. The highest BCUT2D eigenvalue weighted by Crippen LogP contribution is 2.13. The molecule has 0 saturated carbocycles. The minimum Gasteiger partial charge on any atom is -0.497 e. The highest BCUT2D eigenvalue weighted by Gasteiger charge is 2.21. The van der Waals surface area contributed by atoms with Gasteiger partial charge in [-0.15, -0.1) is 0 Å². The van der Waals surface area contributed by atoms with Gasteiger partial charge in [0.05, 0.1) is 13.7 Å². The third-order valence-electron chi connectivity index (χ3n) is 4.32. The first-order chi connectivity index (χ1) is 11.6. The summed E-state index contributed by atoms with van der Waals surface area (Å²) in [5.74, 6) is 1.09. The van der Waals surface area contributed by atoms with Crippen LogP contribution in [-0.2, 0) is 16.0 Å². The van der Waals surface area contributed by atoms with Crippen LogP contribution < -0.4 is 10.1 Å². The van der Waals surface area contributed by atoms with Crippen molar-refractivity contribution < 1.29 is 14.3 Å². The molecule has 2 rings (SSSR count). The Hall–Kier alpha value is -2.08. The Balaban J connectivity index is 1.80. The third kappa shape index (κ3) is 5.23. The second-order valence-electron chi connectivity index (χ2n) is 5.99. The van der Waals surface area contributed by atoms with Gasteiger partial charge < -0.3 is 19.9 Å². The fourth-order valence-electron chi connectivity index (χ4n) is 2.88. The Kier molecular flexibility index (Phi) is 7.06. The summed E-state index contributed by atoms with van der Waals surface area (Å²) in [4.78, 5) is 28.1. The van der Waals surface area contributed by atoms with E-state index in [0.717, 1.165) is 37.2 Å². The first kappa shape index (κ1) is 18.3. The zero-order valence-electron chi connectivity index (χ0n) is 14.6. The van der Waals surface area contributed by atoms with Crippen LogP contribution in [0.5, 0.6) is 5.75 Å². The number of hydrogen-bond acceptors (Lipinski definition) is 4. The Morgan fingerprint density at radius 2 is 1.67 bits per heavy atom. The zero-order valence-corrected chi connectivity index (χ0v) is 14.6. The molecule has 0 bridgehead atoms. The van der Waals surface area contributed by atoms with Crippen molar-refractivity contribution in [2.75, 3.05) is 46.9 Å². The van der Waals surface area contributed by atoms with Gasteiger partial charge in [0.1, 0.15) is 5.75 Å². The molecule has 1 aromatic carbocycles. The van der Waals surface area contributed by atoms with Crippen LogP contribution in [0.1, 0.15) is 18.4 Å². The van der Waals surface area contributed by atoms with Gasteiger partial charge in [0, 0.05) is 32.6 Å². The number of nitrogens with one attached hydrogen (secondary N) is 1. The molecule has 0 unspecified atom stereocenters. The molecule has 0 atom stereocenters. The van der Waals surface area contributed by atoms with Crippen LogP contribution in [0.3, 0.4) is 0 Å². The van der Waals surface area contributed by atoms with Crippen molar-refractivity contribution in [1.29, 1.82) is 0 Å². The number of benzene rings is 1. The fraction of sp³-hybridized carbons (Fsp3) is 0.556. The van der Waals surface area contributed by atoms with E-state index in [1.165, 1.54) is 0 Å². The molecule has 0 radical (unpaired) electrons. The maximum atomic E-state index is 12.4. The molecule has 1 aliphatic heterocycles. The Bertz CT molecular complexity index is 545. The number of carbonyl (C=O) groups excluding carboxylic acids is 2. The van der Waals surface area contributed by atoms with Crippen LogP contribution in [0, 0.1) is 0 Å². The van der Waals surface area contributed by atoms with Crippen molar-refractivity contribution in [3.8, 4) is 5.75 Å². The topological polar surface area (TPSA) is 61.9 Å². The molecule has 2 amide bonds. The van der Waals surface area contributed by atoms with Crippen LogP contribution in [0.15, 0.2) is 24.3 Å². The smallest absolute Gasteiger partial charge is 0.236 e. The average molecular weight is 333 g/mol. The Labute approximate surface area is 143 Å². The Morgan fingerprint density at radius 1 is 1.04 bits per heavy atom. The zero-order chi connectivity index (χ0) is 17.4. The van der Waals surface area contributed by atoms with Gasteiger partial charge in [0.2, 0.25) is 11.8 Å². The number of amides is 2. The first-order valence-corrected chi connectivity index (χ1v) is 8.47. The molecule has 1 heterocycles. The predicted molar refractivity (Wildman–Crippen MR) is 93.0 cm³/mol. The monoisotopic (exact) mass is 333 g/mol. The molecule has 0 aliphatic carbocycles. The molecule has 24 heavy (non-hydrogen) atoms. The molecule has 132 valence electrons. The minimum atomic E-state index is 0.102. The van der Waals surface area contributed by atoms with Gasteiger partial charge in [0.15, 0.2) is 0 Å². The number of rotatable bonds is 6. The van der Waals surface area contributed by atoms with Gasteiger partial charge in [0.25, 0.3) is 0 Å². The Morgan fingerprint density at radius 3 is 2.25 bits per heavy atom. The molecular weight excluding hydrogens is 306 g/mol. The number of carbonyl (C=O) groups is 2. The van der Waals surface area contributed by atoms with Gasteiger partial charge in [-0.25, -0.2) is 0 Å². The molecule has 0 spiro atoms. The van der Waals surface area contributed by atoms with Crippen molar-refractivity contribution in [3.05, 3.63) is 29.8 Å². The standard InChI is InChI=1S/C18H27N3O3/c1-19-14-18(23)21-11-3-10-20(12-13-21)17(22)9-6-15-4-7-16(24-2)8-5-15/h4-5,7-8,19H,3,6,9-14H2,1-2H3. The van der Waals surface area contributed by atoms with E-state index >= 15 is 0 Å². The van der Waals surface area contributed by atoms with E-state index in [1.54, 1.807) is 14.2 Å². The number of nitrogens with zero attached hydrogens (tertiary/aromatic N) is 2. The van der Waals surface area contributed by atoms with E-state index in [-0.39, 0.29) is 11.8 Å². The van der Waals surface area contributed by atoms with Gasteiger partial charge >= 0.3 is 0 Å². The molecule has 1 saturated heterocycles. The van der Waals surface area contributed by atoms with E-state index < -0.39 is 0 Å². The summed E-state index contributed by atoms with van der Waals surface area (Å²) < 4.78 is 5.14. The normalized spacial score (nSPS) is 15.1. The summed E-state index contributed by atoms with van der Waals surface area (Å²) in [6, 6.07) is 7.81. The predicted octanol–water partition coefficient (Wildman–Crippen LogP) is 0.908. The van der Waals surface area contributed by atoms with Gasteiger partial charge in [-0.1, -0.05) is 12.1 Å². The lowest BCUT2D eigenvalue weighted by molar-refractivity contribution is -0.133. The van der Waals surface area contributed by atoms with Crippen molar-refractivity contribution >= 4 is 11.8 Å². The lowest BCUT2D eigenvalue weighted by Crippen LogP contribution is -2.40. The molecule has 0 aromatic heterocycles. The van der Waals surface area contributed by atoms with Crippen LogP contribution >= 0.6 is 0 Å². The minimum absolute atomic E-state index is 0.102. The van der Waals surface area contributed by atoms with E-state index in [4.69, 9.17) is 4.74 Å². The molecule has 1 aliphatic rings. The highest BCUT2D eigenvalue weighted by atomic mass is 16.5. The molecule has 6 nitrogen and oxygen atoms in total. The molecule has 6 heteroatoms. The molecule has 1 aromatic rings. The first-order valence-electron chi connectivity index (χ1n) is 8.47. The second kappa shape index (κ2) is 9.27. The summed E-state index contributed by atoms with van der Waals surface area (Å²) in [6.07, 6.45) is 2.06. The molecule has 1 N–H and O–H groups in total. The summed E-state index contributed by atoms with van der Waals surface area (Å²) in [7, 11) is 3.41. The SMILES string of the molecule is CNCC(=O)N1CCCN(C(=O)CCc2ccc(OC)cc2)CC1. The number of hydrogen-bond donors (Lipinski definition) is 1. The average Bonchev–Trinajstić information content (AvgIpc) is 2.86. The number of ether oxygens (including phenoxy) is 1. The summed E-state index contributed by atoms with van der Waals surface area (Å²) in [6.45, 7) is 3.05. The summed E-state index contributed by atoms with van der Waals surface area (Å²) in [5, 5.41) is 2.89. The maximum absolute atomic E-state index is 12.4. The largest absolute Gasteiger partial charge is 0.497 e. The quantitative estimate of drug-likeness (QED) is 0.840. The molecule has 1 fully saturated rings. The number of likely N-dealkylation sites (N-methyl/N-ethyl adjacent to an activating group) is 1. The van der Waals surface area contributed by atoms with Crippen molar-refractivity contribution in [2.45, 2.75) is 19.3 Å². The van der Waals surface area contributed by atoms with E-state index in [0.29, 0.717) is 26.1 Å². The number of aryl methyl sites for hydroxylation is 1. The van der Waals surface area contributed by atoms with Crippen LogP contribution in [0.25, 0.3) is 0 Å². The van der Waals surface area contributed by atoms with Gasteiger partial charge in [-0.05, 0) is 37.6 Å². The van der Waals surface area contributed by atoms with E-state index in [9.17, 15) is 9.59 Å². The van der Waals surface area contributed by atoms with E-state index in [1.807, 2.05) is 34.1 Å². The summed E-state index contributed by atoms with van der Waals surface area (Å²) in [5.41, 5.74) is 1.13. The van der Waals surface area contributed by atoms with Gasteiger partial charge in [-0.2, -0.15) is 0 Å². The van der Waals surface area contributed by atoms with Gasteiger partial charge in [-0.3, -0.25) is 9.59 Å². The van der Waals surface area contributed by atoms with Crippen molar-refractivity contribution in [3.63, 3.8) is 0 Å². The lowest BCUT2D eigenvalue weighted by Gasteiger charge is -2.22. The fourth-order valence-corrected chi connectivity index (χ4v) is 2.88. The lowest BCUT2D eigenvalue weighted by atomic mass is 10.1. The second-order valence-corrected chi connectivity index (χ2v) is 5.99. The van der Waals surface area contributed by atoms with Crippen LogP contribution in [0.2, 0.25) is 0 Å². The number of methoxy groups -OCH3 is 1. The van der Waals surface area contributed by atoms with Crippen LogP contribution in [-0.4, -0.2) is 68.5 Å². The van der Waals surface area contributed by atoms with Crippen molar-refractivity contribution in [2.24, 2.45) is 0 Å².